The molecule has 0 radical (unpaired) electrons. The molecule has 1 N–H and O–H groups in total. The number of hydrogen-bond acceptors (Lipinski definition) is 5. The lowest BCUT2D eigenvalue weighted by atomic mass is 10.0. The molecule has 6 heteroatoms. The first-order chi connectivity index (χ1) is 13.0. The zero-order valence-corrected chi connectivity index (χ0v) is 15.3. The molecule has 27 heavy (non-hydrogen) atoms. The first-order valence-electron chi connectivity index (χ1n) is 9.30. The van der Waals surface area contributed by atoms with E-state index in [4.69, 9.17) is 4.74 Å². The van der Waals surface area contributed by atoms with Crippen molar-refractivity contribution in [2.24, 2.45) is 11.8 Å². The van der Waals surface area contributed by atoms with Crippen molar-refractivity contribution in [3.8, 4) is 11.5 Å². The molecule has 2 heterocycles. The van der Waals surface area contributed by atoms with E-state index in [1.165, 1.54) is 24.4 Å². The maximum atomic E-state index is 13.5. The van der Waals surface area contributed by atoms with E-state index < -0.39 is 0 Å². The van der Waals surface area contributed by atoms with Crippen molar-refractivity contribution in [2.75, 3.05) is 19.6 Å². The standard InChI is InChI=1S/C21H23FN2O3/c1-13-4-16(22)8-18(5-13)27-19-6-14-10-24(11-15(14)7-19)12-21(26)20-3-2-17(25)9-23-20/h2-5,8-9,14-15,19,25H,6-7,10-12H2,1H3/t14-,15+,19+. The molecule has 5 nitrogen and oxygen atoms in total. The minimum absolute atomic E-state index is 0.0296. The quantitative estimate of drug-likeness (QED) is 0.819. The summed E-state index contributed by atoms with van der Waals surface area (Å²) in [5, 5.41) is 9.28. The first-order valence-corrected chi connectivity index (χ1v) is 9.30. The molecule has 1 aliphatic carbocycles. The molecule has 1 saturated carbocycles. The Morgan fingerprint density at radius 1 is 1.26 bits per heavy atom. The number of ketones is 1. The highest BCUT2D eigenvalue weighted by molar-refractivity contribution is 5.95. The summed E-state index contributed by atoms with van der Waals surface area (Å²) in [7, 11) is 0. The van der Waals surface area contributed by atoms with E-state index in [1.54, 1.807) is 6.07 Å². The van der Waals surface area contributed by atoms with Crippen LogP contribution in [0.1, 0.15) is 28.9 Å². The van der Waals surface area contributed by atoms with Crippen molar-refractivity contribution in [3.05, 3.63) is 53.6 Å². The van der Waals surface area contributed by atoms with Crippen LogP contribution in [0, 0.1) is 24.6 Å². The number of aromatic nitrogens is 1. The fourth-order valence-electron chi connectivity index (χ4n) is 4.37. The van der Waals surface area contributed by atoms with Crippen LogP contribution in [0.15, 0.2) is 36.5 Å². The number of carbonyl (C=O) groups is 1. The Balaban J connectivity index is 1.30. The maximum Gasteiger partial charge on any atom is 0.195 e. The fourth-order valence-corrected chi connectivity index (χ4v) is 4.37. The van der Waals surface area contributed by atoms with Gasteiger partial charge in [-0.25, -0.2) is 9.37 Å². The fraction of sp³-hybridized carbons (Fsp3) is 0.429. The van der Waals surface area contributed by atoms with Crippen LogP contribution in [0.5, 0.6) is 11.5 Å². The summed E-state index contributed by atoms with van der Waals surface area (Å²) < 4.78 is 19.5. The Labute approximate surface area is 157 Å². The summed E-state index contributed by atoms with van der Waals surface area (Å²) in [5.41, 5.74) is 1.24. The van der Waals surface area contributed by atoms with E-state index in [0.717, 1.165) is 31.5 Å². The van der Waals surface area contributed by atoms with Crippen LogP contribution in [0.3, 0.4) is 0 Å². The average molecular weight is 370 g/mol. The van der Waals surface area contributed by atoms with Crippen molar-refractivity contribution in [2.45, 2.75) is 25.9 Å². The van der Waals surface area contributed by atoms with E-state index in [-0.39, 0.29) is 23.5 Å². The van der Waals surface area contributed by atoms with Crippen LogP contribution < -0.4 is 4.74 Å². The summed E-state index contributed by atoms with van der Waals surface area (Å²) in [6.07, 6.45) is 3.27. The number of benzene rings is 1. The first kappa shape index (κ1) is 17.9. The molecule has 4 rings (SSSR count). The summed E-state index contributed by atoms with van der Waals surface area (Å²) >= 11 is 0. The number of nitrogens with zero attached hydrogens (tertiary/aromatic N) is 2. The van der Waals surface area contributed by atoms with Gasteiger partial charge in [0.25, 0.3) is 0 Å². The number of aromatic hydroxyl groups is 1. The molecule has 3 atom stereocenters. The number of aryl methyl sites for hydroxylation is 1. The van der Waals surface area contributed by atoms with Gasteiger partial charge in [0.1, 0.15) is 23.0 Å². The largest absolute Gasteiger partial charge is 0.506 e. The molecule has 0 amide bonds. The monoisotopic (exact) mass is 370 g/mol. The van der Waals surface area contributed by atoms with Gasteiger partial charge in [-0.1, -0.05) is 0 Å². The average Bonchev–Trinajstić information content (AvgIpc) is 3.12. The van der Waals surface area contributed by atoms with Crippen LogP contribution in [0.2, 0.25) is 0 Å². The highest BCUT2D eigenvalue weighted by Crippen LogP contribution is 2.39. The highest BCUT2D eigenvalue weighted by atomic mass is 19.1. The third kappa shape index (κ3) is 4.11. The second kappa shape index (κ2) is 7.27. The summed E-state index contributed by atoms with van der Waals surface area (Å²) in [4.78, 5) is 18.5. The number of likely N-dealkylation sites (tertiary alicyclic amines) is 1. The van der Waals surface area contributed by atoms with Crippen molar-refractivity contribution in [3.63, 3.8) is 0 Å². The molecular weight excluding hydrogens is 347 g/mol. The van der Waals surface area contributed by atoms with Crippen LogP contribution in [0.4, 0.5) is 4.39 Å². The number of pyridine rings is 1. The lowest BCUT2D eigenvalue weighted by Crippen LogP contribution is -2.30. The number of rotatable bonds is 5. The van der Waals surface area contributed by atoms with Gasteiger partial charge in [0.2, 0.25) is 0 Å². The third-order valence-electron chi connectivity index (χ3n) is 5.50. The number of carbonyl (C=O) groups excluding carboxylic acids is 1. The normalized spacial score (nSPS) is 24.7. The SMILES string of the molecule is Cc1cc(F)cc(O[C@H]2C[C@@H]3CN(CC(=O)c4ccc(O)cn4)C[C@@H]3C2)c1. The molecule has 1 aromatic heterocycles. The third-order valence-corrected chi connectivity index (χ3v) is 5.50. The predicted octanol–water partition coefficient (Wildman–Crippen LogP) is 3.21. The van der Waals surface area contributed by atoms with E-state index in [0.29, 0.717) is 29.8 Å². The number of fused-ring (bicyclic) bond motifs is 1. The second-order valence-electron chi connectivity index (χ2n) is 7.71. The smallest absolute Gasteiger partial charge is 0.195 e. The van der Waals surface area contributed by atoms with Gasteiger partial charge in [-0.3, -0.25) is 9.69 Å². The van der Waals surface area contributed by atoms with Gasteiger partial charge in [-0.15, -0.1) is 0 Å². The Morgan fingerprint density at radius 2 is 2.00 bits per heavy atom. The van der Waals surface area contributed by atoms with Gasteiger partial charge in [-0.05, 0) is 61.4 Å². The van der Waals surface area contributed by atoms with Crippen LogP contribution >= 0.6 is 0 Å². The lowest BCUT2D eigenvalue weighted by Gasteiger charge is -2.19. The topological polar surface area (TPSA) is 62.7 Å². The van der Waals surface area contributed by atoms with Crippen molar-refractivity contribution < 1.29 is 19.0 Å². The molecule has 1 aliphatic heterocycles. The molecule has 2 fully saturated rings. The molecule has 1 saturated heterocycles. The van der Waals surface area contributed by atoms with Gasteiger partial charge < -0.3 is 9.84 Å². The zero-order chi connectivity index (χ0) is 19.0. The van der Waals surface area contributed by atoms with E-state index in [9.17, 15) is 14.3 Å². The predicted molar refractivity (Wildman–Crippen MR) is 98.4 cm³/mol. The molecule has 2 aliphatic rings. The number of ether oxygens (including phenoxy) is 1. The lowest BCUT2D eigenvalue weighted by molar-refractivity contribution is 0.0932. The van der Waals surface area contributed by atoms with Gasteiger partial charge in [0.05, 0.1) is 18.8 Å². The van der Waals surface area contributed by atoms with Gasteiger partial charge in [0, 0.05) is 19.2 Å². The van der Waals surface area contributed by atoms with Crippen molar-refractivity contribution in [1.29, 1.82) is 0 Å². The Kier molecular flexibility index (Phi) is 4.83. The molecule has 142 valence electrons. The maximum absolute atomic E-state index is 13.5. The minimum atomic E-state index is -0.268. The summed E-state index contributed by atoms with van der Waals surface area (Å²) in [6.45, 7) is 3.95. The highest BCUT2D eigenvalue weighted by Gasteiger charge is 2.42. The molecule has 2 aromatic rings. The second-order valence-corrected chi connectivity index (χ2v) is 7.71. The number of Topliss-reactive ketones (excluding diaryl/α,β-unsaturated/α-hetero) is 1. The van der Waals surface area contributed by atoms with Crippen molar-refractivity contribution >= 4 is 5.78 Å². The Hall–Kier alpha value is -2.47. The number of halogens is 1. The minimum Gasteiger partial charge on any atom is -0.506 e. The van der Waals surface area contributed by atoms with Gasteiger partial charge >= 0.3 is 0 Å². The van der Waals surface area contributed by atoms with Crippen molar-refractivity contribution in [1.82, 2.24) is 9.88 Å². The van der Waals surface area contributed by atoms with Crippen LogP contribution in [-0.4, -0.2) is 46.5 Å². The molecule has 0 unspecified atom stereocenters. The van der Waals surface area contributed by atoms with E-state index >= 15 is 0 Å². The summed E-state index contributed by atoms with van der Waals surface area (Å²) in [5.74, 6) is 1.37. The Morgan fingerprint density at radius 3 is 2.63 bits per heavy atom. The summed E-state index contributed by atoms with van der Waals surface area (Å²) in [6, 6.07) is 7.84. The zero-order valence-electron chi connectivity index (χ0n) is 15.3. The van der Waals surface area contributed by atoms with Gasteiger partial charge in [-0.2, -0.15) is 0 Å². The van der Waals surface area contributed by atoms with Crippen LogP contribution in [-0.2, 0) is 0 Å². The molecular formula is C21H23FN2O3. The number of hydrogen-bond donors (Lipinski definition) is 1. The molecule has 0 bridgehead atoms. The Bertz CT molecular complexity index is 806. The molecule has 1 aromatic carbocycles. The van der Waals surface area contributed by atoms with E-state index in [2.05, 4.69) is 9.88 Å². The van der Waals surface area contributed by atoms with E-state index in [1.807, 2.05) is 13.0 Å². The van der Waals surface area contributed by atoms with Gasteiger partial charge in [0.15, 0.2) is 5.78 Å². The molecule has 0 spiro atoms. The van der Waals surface area contributed by atoms with Crippen LogP contribution in [0.25, 0.3) is 0 Å².